The first-order valence-electron chi connectivity index (χ1n) is 3.06. The Morgan fingerprint density at radius 3 is 2.70 bits per heavy atom. The molecule has 0 aromatic carbocycles. The molecule has 0 aliphatic carbocycles. The second-order valence-electron chi connectivity index (χ2n) is 2.50. The molecule has 0 bridgehead atoms. The monoisotopic (exact) mass is 203 g/mol. The fraction of sp³-hybridized carbons (Fsp3) is 0.429. The van der Waals surface area contributed by atoms with Crippen LogP contribution >= 0.6 is 15.9 Å². The van der Waals surface area contributed by atoms with E-state index in [2.05, 4.69) is 20.8 Å². The van der Waals surface area contributed by atoms with Gasteiger partial charge in [-0.1, -0.05) is 0 Å². The first kappa shape index (κ1) is 7.82. The van der Waals surface area contributed by atoms with Crippen LogP contribution in [0.15, 0.2) is 21.4 Å². The standard InChI is InChI=1S/C7H10BrNO/c1-9(2)4-6-3-7(8)10-5-6/h3,5H,4H2,1-2H3. The van der Waals surface area contributed by atoms with Gasteiger partial charge in [0.25, 0.3) is 0 Å². The van der Waals surface area contributed by atoms with E-state index in [-0.39, 0.29) is 0 Å². The van der Waals surface area contributed by atoms with Gasteiger partial charge in [0.2, 0.25) is 0 Å². The SMILES string of the molecule is CN(C)Cc1coc(Br)c1. The van der Waals surface area contributed by atoms with Gasteiger partial charge in [0.1, 0.15) is 0 Å². The fourth-order valence-electron chi connectivity index (χ4n) is 0.794. The summed E-state index contributed by atoms with van der Waals surface area (Å²) in [4.78, 5) is 2.09. The van der Waals surface area contributed by atoms with E-state index in [1.165, 1.54) is 5.56 Å². The van der Waals surface area contributed by atoms with Crippen molar-refractivity contribution in [2.24, 2.45) is 0 Å². The lowest BCUT2D eigenvalue weighted by Crippen LogP contribution is -2.09. The molecule has 0 fully saturated rings. The molecular weight excluding hydrogens is 194 g/mol. The minimum Gasteiger partial charge on any atom is -0.457 e. The van der Waals surface area contributed by atoms with Crippen LogP contribution in [0.25, 0.3) is 0 Å². The second kappa shape index (κ2) is 3.21. The Balaban J connectivity index is 2.58. The van der Waals surface area contributed by atoms with Crippen LogP contribution in [0.4, 0.5) is 0 Å². The van der Waals surface area contributed by atoms with E-state index in [4.69, 9.17) is 4.42 Å². The number of hydrogen-bond donors (Lipinski definition) is 0. The van der Waals surface area contributed by atoms with Gasteiger partial charge >= 0.3 is 0 Å². The van der Waals surface area contributed by atoms with Crippen molar-refractivity contribution < 1.29 is 4.42 Å². The van der Waals surface area contributed by atoms with Crippen LogP contribution in [0.3, 0.4) is 0 Å². The summed E-state index contributed by atoms with van der Waals surface area (Å²) < 4.78 is 5.85. The maximum atomic E-state index is 5.06. The quantitative estimate of drug-likeness (QED) is 0.733. The molecule has 0 atom stereocenters. The summed E-state index contributed by atoms with van der Waals surface area (Å²) in [6.45, 7) is 0.926. The topological polar surface area (TPSA) is 16.4 Å². The molecule has 2 nitrogen and oxygen atoms in total. The van der Waals surface area contributed by atoms with Gasteiger partial charge in [-0.25, -0.2) is 0 Å². The van der Waals surface area contributed by atoms with Gasteiger partial charge in [0, 0.05) is 12.1 Å². The van der Waals surface area contributed by atoms with E-state index in [0.717, 1.165) is 11.2 Å². The molecule has 3 heteroatoms. The second-order valence-corrected chi connectivity index (χ2v) is 3.28. The number of rotatable bonds is 2. The van der Waals surface area contributed by atoms with E-state index in [1.54, 1.807) is 6.26 Å². The molecular formula is C7H10BrNO. The molecule has 0 amide bonds. The third-order valence-corrected chi connectivity index (χ3v) is 1.54. The Morgan fingerprint density at radius 2 is 2.30 bits per heavy atom. The fourth-order valence-corrected chi connectivity index (χ4v) is 1.18. The van der Waals surface area contributed by atoms with Gasteiger partial charge in [-0.15, -0.1) is 0 Å². The van der Waals surface area contributed by atoms with Crippen LogP contribution in [0.5, 0.6) is 0 Å². The molecule has 56 valence electrons. The molecule has 0 saturated carbocycles. The van der Waals surface area contributed by atoms with Crippen molar-refractivity contribution in [3.05, 3.63) is 22.6 Å². The van der Waals surface area contributed by atoms with Gasteiger partial charge in [-0.05, 0) is 36.1 Å². The molecule has 1 aromatic rings. The van der Waals surface area contributed by atoms with Crippen molar-refractivity contribution in [3.8, 4) is 0 Å². The van der Waals surface area contributed by atoms with Crippen LogP contribution < -0.4 is 0 Å². The summed E-state index contributed by atoms with van der Waals surface area (Å²) in [5.41, 5.74) is 1.19. The van der Waals surface area contributed by atoms with Crippen molar-refractivity contribution >= 4 is 15.9 Å². The van der Waals surface area contributed by atoms with E-state index < -0.39 is 0 Å². The zero-order valence-corrected chi connectivity index (χ0v) is 7.68. The van der Waals surface area contributed by atoms with Crippen LogP contribution in [-0.2, 0) is 6.54 Å². The van der Waals surface area contributed by atoms with Gasteiger partial charge in [0.15, 0.2) is 4.67 Å². The Kier molecular flexibility index (Phi) is 2.51. The van der Waals surface area contributed by atoms with Gasteiger partial charge in [-0.2, -0.15) is 0 Å². The van der Waals surface area contributed by atoms with Crippen LogP contribution in [0.1, 0.15) is 5.56 Å². The van der Waals surface area contributed by atoms with E-state index >= 15 is 0 Å². The minimum absolute atomic E-state index is 0.796. The first-order chi connectivity index (χ1) is 4.68. The van der Waals surface area contributed by atoms with Crippen molar-refractivity contribution in [3.63, 3.8) is 0 Å². The molecule has 1 aromatic heterocycles. The summed E-state index contributed by atoms with van der Waals surface area (Å²) in [5, 5.41) is 0. The molecule has 0 N–H and O–H groups in total. The summed E-state index contributed by atoms with van der Waals surface area (Å²) >= 11 is 3.24. The van der Waals surface area contributed by atoms with Crippen molar-refractivity contribution in [1.82, 2.24) is 4.90 Å². The molecule has 0 aliphatic heterocycles. The zero-order valence-electron chi connectivity index (χ0n) is 6.10. The summed E-state index contributed by atoms with van der Waals surface area (Å²) in [6, 6.07) is 1.97. The first-order valence-corrected chi connectivity index (χ1v) is 3.85. The van der Waals surface area contributed by atoms with E-state index in [9.17, 15) is 0 Å². The molecule has 0 radical (unpaired) electrons. The Labute approximate surface area is 68.9 Å². The van der Waals surface area contributed by atoms with Gasteiger partial charge < -0.3 is 9.32 Å². The Bertz CT molecular complexity index is 207. The largest absolute Gasteiger partial charge is 0.457 e. The third kappa shape index (κ3) is 2.15. The predicted octanol–water partition coefficient (Wildman–Crippen LogP) is 2.10. The molecule has 0 unspecified atom stereocenters. The highest BCUT2D eigenvalue weighted by molar-refractivity contribution is 9.10. The van der Waals surface area contributed by atoms with Crippen LogP contribution in [0, 0.1) is 0 Å². The van der Waals surface area contributed by atoms with Gasteiger partial charge in [-0.3, -0.25) is 0 Å². The van der Waals surface area contributed by atoms with Crippen molar-refractivity contribution in [2.45, 2.75) is 6.54 Å². The summed E-state index contributed by atoms with van der Waals surface area (Å²) in [6.07, 6.45) is 1.75. The molecule has 0 spiro atoms. The maximum Gasteiger partial charge on any atom is 0.169 e. The Morgan fingerprint density at radius 1 is 1.60 bits per heavy atom. The predicted molar refractivity (Wildman–Crippen MR) is 43.8 cm³/mol. The normalized spacial score (nSPS) is 10.8. The Hall–Kier alpha value is -0.280. The lowest BCUT2D eigenvalue weighted by molar-refractivity contribution is 0.399. The molecule has 10 heavy (non-hydrogen) atoms. The highest BCUT2D eigenvalue weighted by Crippen LogP contribution is 2.14. The van der Waals surface area contributed by atoms with E-state index in [0.29, 0.717) is 0 Å². The lowest BCUT2D eigenvalue weighted by atomic mass is 10.3. The van der Waals surface area contributed by atoms with Crippen LogP contribution in [-0.4, -0.2) is 19.0 Å². The average Bonchev–Trinajstić information content (AvgIpc) is 2.13. The van der Waals surface area contributed by atoms with E-state index in [1.807, 2.05) is 20.2 Å². The van der Waals surface area contributed by atoms with Crippen LogP contribution in [0.2, 0.25) is 0 Å². The highest BCUT2D eigenvalue weighted by Gasteiger charge is 1.98. The number of halogens is 1. The lowest BCUT2D eigenvalue weighted by Gasteiger charge is -2.05. The zero-order chi connectivity index (χ0) is 7.56. The summed E-state index contributed by atoms with van der Waals surface area (Å²) in [5.74, 6) is 0. The summed E-state index contributed by atoms with van der Waals surface area (Å²) in [7, 11) is 4.06. The number of nitrogens with zero attached hydrogens (tertiary/aromatic N) is 1. The molecule has 0 saturated heterocycles. The smallest absolute Gasteiger partial charge is 0.169 e. The van der Waals surface area contributed by atoms with Gasteiger partial charge in [0.05, 0.1) is 6.26 Å². The number of hydrogen-bond acceptors (Lipinski definition) is 2. The highest BCUT2D eigenvalue weighted by atomic mass is 79.9. The van der Waals surface area contributed by atoms with Crippen molar-refractivity contribution in [2.75, 3.05) is 14.1 Å². The molecule has 1 heterocycles. The maximum absolute atomic E-state index is 5.06. The minimum atomic E-state index is 0.796. The average molecular weight is 204 g/mol. The molecule has 1 rings (SSSR count). The third-order valence-electron chi connectivity index (χ3n) is 1.12. The van der Waals surface area contributed by atoms with Crippen molar-refractivity contribution in [1.29, 1.82) is 0 Å². The number of furan rings is 1. The molecule has 0 aliphatic rings.